The summed E-state index contributed by atoms with van der Waals surface area (Å²) in [7, 11) is 0. The van der Waals surface area contributed by atoms with Gasteiger partial charge in [0.1, 0.15) is 5.75 Å². The number of pyridine rings is 1. The predicted octanol–water partition coefficient (Wildman–Crippen LogP) is 3.74. The molecule has 1 N–H and O–H groups in total. The number of benzene rings is 1. The summed E-state index contributed by atoms with van der Waals surface area (Å²) in [5.41, 5.74) is -1.33. The summed E-state index contributed by atoms with van der Waals surface area (Å²) in [4.78, 5) is 11.2. The maximum Gasteiger partial charge on any atom is 0.416 e. The summed E-state index contributed by atoms with van der Waals surface area (Å²) in [6.45, 7) is 2.26. The summed E-state index contributed by atoms with van der Waals surface area (Å²) in [6.07, 6.45) is -0.593. The maximum absolute atomic E-state index is 13.0. The highest BCUT2D eigenvalue weighted by atomic mass is 19.4. The Morgan fingerprint density at radius 3 is 2.61 bits per heavy atom. The van der Waals surface area contributed by atoms with Gasteiger partial charge in [-0.05, 0) is 18.6 Å². The maximum atomic E-state index is 13.0. The molecule has 1 heterocycles. The van der Waals surface area contributed by atoms with Crippen LogP contribution in [-0.2, 0) is 6.18 Å². The number of rotatable bonds is 5. The van der Waals surface area contributed by atoms with Gasteiger partial charge in [-0.25, -0.2) is 0 Å². The molecule has 2 rings (SSSR count). The zero-order valence-electron chi connectivity index (χ0n) is 12.4. The molecule has 0 spiro atoms. The van der Waals surface area contributed by atoms with Crippen LogP contribution >= 0.6 is 0 Å². The van der Waals surface area contributed by atoms with Crippen LogP contribution in [-0.4, -0.2) is 16.3 Å². The van der Waals surface area contributed by atoms with E-state index in [-0.39, 0.29) is 11.4 Å². The fourth-order valence-electron chi connectivity index (χ4n) is 1.95. The van der Waals surface area contributed by atoms with Gasteiger partial charge in [0.25, 0.3) is 0 Å². The van der Waals surface area contributed by atoms with Crippen LogP contribution in [0.5, 0.6) is 11.5 Å². The first-order chi connectivity index (χ1) is 10.8. The van der Waals surface area contributed by atoms with Crippen molar-refractivity contribution in [2.45, 2.75) is 25.9 Å². The van der Waals surface area contributed by atoms with Crippen molar-refractivity contribution >= 4 is 0 Å². The first kappa shape index (κ1) is 16.9. The van der Waals surface area contributed by atoms with Gasteiger partial charge in [0.05, 0.1) is 18.4 Å². The lowest BCUT2D eigenvalue weighted by Crippen LogP contribution is -2.09. The Morgan fingerprint density at radius 2 is 2.00 bits per heavy atom. The lowest BCUT2D eigenvalue weighted by atomic mass is 10.1. The number of hydrogen-bond acceptors (Lipinski definition) is 3. The van der Waals surface area contributed by atoms with E-state index in [1.54, 1.807) is 0 Å². The van der Waals surface area contributed by atoms with Crippen molar-refractivity contribution in [2.75, 3.05) is 6.61 Å². The molecule has 0 unspecified atom stereocenters. The van der Waals surface area contributed by atoms with Crippen molar-refractivity contribution < 1.29 is 23.0 Å². The summed E-state index contributed by atoms with van der Waals surface area (Å²) in [6, 6.07) is 4.36. The van der Waals surface area contributed by atoms with E-state index in [1.807, 2.05) is 6.92 Å². The molecule has 23 heavy (non-hydrogen) atoms. The van der Waals surface area contributed by atoms with Crippen molar-refractivity contribution in [1.29, 1.82) is 0 Å². The summed E-state index contributed by atoms with van der Waals surface area (Å²) in [5.74, 6) is -0.458. The first-order valence-corrected chi connectivity index (χ1v) is 7.08. The number of aromatic hydroxyl groups is 1. The molecule has 0 saturated heterocycles. The number of halogens is 3. The second-order valence-corrected chi connectivity index (χ2v) is 5.02. The number of ether oxygens (including phenoxy) is 1. The zero-order chi connectivity index (χ0) is 17.0. The van der Waals surface area contributed by atoms with Gasteiger partial charge in [0, 0.05) is 24.0 Å². The van der Waals surface area contributed by atoms with Crippen LogP contribution in [0.25, 0.3) is 5.69 Å². The van der Waals surface area contributed by atoms with Gasteiger partial charge in [0.15, 0.2) is 5.75 Å². The quantitative estimate of drug-likeness (QED) is 0.851. The third kappa shape index (κ3) is 4.28. The Bertz CT molecular complexity index is 738. The van der Waals surface area contributed by atoms with Crippen molar-refractivity contribution in [3.8, 4) is 17.2 Å². The molecule has 0 aliphatic heterocycles. The minimum absolute atomic E-state index is 0.0847. The standard InChI is InChI=1S/C16H16F3NO3/c1-2-3-6-23-13-8-11(16(17,18)19)7-12(9-13)20-5-4-14(21)15(22)10-20/h4-5,7-10,22H,2-3,6H2,1H3. The van der Waals surface area contributed by atoms with E-state index in [9.17, 15) is 23.1 Å². The van der Waals surface area contributed by atoms with Gasteiger partial charge >= 0.3 is 6.18 Å². The molecule has 0 aliphatic rings. The molecule has 0 atom stereocenters. The van der Waals surface area contributed by atoms with Gasteiger partial charge in [-0.2, -0.15) is 13.2 Å². The smallest absolute Gasteiger partial charge is 0.416 e. The minimum Gasteiger partial charge on any atom is -0.503 e. The molecular weight excluding hydrogens is 311 g/mol. The second kappa shape index (κ2) is 6.76. The highest BCUT2D eigenvalue weighted by molar-refractivity contribution is 5.45. The highest BCUT2D eigenvalue weighted by Crippen LogP contribution is 2.33. The third-order valence-electron chi connectivity index (χ3n) is 3.18. The zero-order valence-corrected chi connectivity index (χ0v) is 12.4. The largest absolute Gasteiger partial charge is 0.503 e. The number of alkyl halides is 3. The van der Waals surface area contributed by atoms with Crippen molar-refractivity contribution in [1.82, 2.24) is 4.57 Å². The molecular formula is C16H16F3NO3. The number of hydrogen-bond donors (Lipinski definition) is 1. The Labute approximate surface area is 130 Å². The van der Waals surface area contributed by atoms with Gasteiger partial charge < -0.3 is 14.4 Å². The molecule has 0 fully saturated rings. The Morgan fingerprint density at radius 1 is 1.26 bits per heavy atom. The SMILES string of the molecule is CCCCOc1cc(-n2ccc(=O)c(O)c2)cc(C(F)(F)F)c1. The fraction of sp³-hybridized carbons (Fsp3) is 0.312. The summed E-state index contributed by atoms with van der Waals surface area (Å²) < 4.78 is 45.7. The lowest BCUT2D eigenvalue weighted by molar-refractivity contribution is -0.137. The van der Waals surface area contributed by atoms with Crippen LogP contribution in [0, 0.1) is 0 Å². The van der Waals surface area contributed by atoms with Crippen molar-refractivity contribution in [3.63, 3.8) is 0 Å². The average Bonchev–Trinajstić information content (AvgIpc) is 2.49. The van der Waals surface area contributed by atoms with Gasteiger partial charge in [-0.3, -0.25) is 4.79 Å². The van der Waals surface area contributed by atoms with Crippen LogP contribution < -0.4 is 10.2 Å². The molecule has 0 aliphatic carbocycles. The van der Waals surface area contributed by atoms with Crippen LogP contribution in [0.3, 0.4) is 0 Å². The van der Waals surface area contributed by atoms with E-state index < -0.39 is 22.9 Å². The molecule has 0 saturated carbocycles. The second-order valence-electron chi connectivity index (χ2n) is 5.02. The van der Waals surface area contributed by atoms with E-state index in [0.29, 0.717) is 6.61 Å². The molecule has 0 bridgehead atoms. The molecule has 1 aromatic carbocycles. The predicted molar refractivity (Wildman–Crippen MR) is 79.1 cm³/mol. The van der Waals surface area contributed by atoms with E-state index in [1.165, 1.54) is 16.8 Å². The Kier molecular flexibility index (Phi) is 4.98. The lowest BCUT2D eigenvalue weighted by Gasteiger charge is -2.14. The number of aromatic nitrogens is 1. The van der Waals surface area contributed by atoms with Gasteiger partial charge in [-0.15, -0.1) is 0 Å². The van der Waals surface area contributed by atoms with E-state index in [0.717, 1.165) is 37.2 Å². The molecule has 0 amide bonds. The molecule has 124 valence electrons. The van der Waals surface area contributed by atoms with Crippen molar-refractivity contribution in [3.05, 3.63) is 52.4 Å². The Balaban J connectivity index is 2.46. The van der Waals surface area contributed by atoms with Crippen LogP contribution in [0.2, 0.25) is 0 Å². The molecule has 7 heteroatoms. The van der Waals surface area contributed by atoms with Crippen molar-refractivity contribution in [2.24, 2.45) is 0 Å². The van der Waals surface area contributed by atoms with E-state index in [2.05, 4.69) is 0 Å². The van der Waals surface area contributed by atoms with Crippen LogP contribution in [0.1, 0.15) is 25.3 Å². The Hall–Kier alpha value is -2.44. The number of nitrogens with zero attached hydrogens (tertiary/aromatic N) is 1. The summed E-state index contributed by atoms with van der Waals surface area (Å²) >= 11 is 0. The van der Waals surface area contributed by atoms with Gasteiger partial charge in [-0.1, -0.05) is 13.3 Å². The molecule has 4 nitrogen and oxygen atoms in total. The first-order valence-electron chi connectivity index (χ1n) is 7.08. The van der Waals surface area contributed by atoms with Crippen LogP contribution in [0.15, 0.2) is 41.5 Å². The van der Waals surface area contributed by atoms with Crippen LogP contribution in [0.4, 0.5) is 13.2 Å². The van der Waals surface area contributed by atoms with E-state index >= 15 is 0 Å². The van der Waals surface area contributed by atoms with E-state index in [4.69, 9.17) is 4.74 Å². The average molecular weight is 327 g/mol. The third-order valence-corrected chi connectivity index (χ3v) is 3.18. The summed E-state index contributed by atoms with van der Waals surface area (Å²) in [5, 5.41) is 9.45. The molecule has 2 aromatic rings. The fourth-order valence-corrected chi connectivity index (χ4v) is 1.95. The van der Waals surface area contributed by atoms with Gasteiger partial charge in [0.2, 0.25) is 5.43 Å². The number of unbranched alkanes of at least 4 members (excludes halogenated alkanes) is 1. The minimum atomic E-state index is -4.53. The molecule has 0 radical (unpaired) electrons. The highest BCUT2D eigenvalue weighted by Gasteiger charge is 2.31. The molecule has 1 aromatic heterocycles. The topological polar surface area (TPSA) is 51.5 Å². The monoisotopic (exact) mass is 327 g/mol. The normalized spacial score (nSPS) is 11.5.